The standard InChI is InChI=1S/C8H10F2N2O/c1-5-2-7(13-8(9)10)12-4-6(5)3-11/h2,4,8H,3,11H2,1H3. The van der Waals surface area contributed by atoms with E-state index in [4.69, 9.17) is 5.73 Å². The average Bonchev–Trinajstić information content (AvgIpc) is 2.03. The second kappa shape index (κ2) is 4.13. The lowest BCUT2D eigenvalue weighted by molar-refractivity contribution is -0.0528. The van der Waals surface area contributed by atoms with Crippen LogP contribution in [0, 0.1) is 6.92 Å². The van der Waals surface area contributed by atoms with Gasteiger partial charge in [0.2, 0.25) is 5.88 Å². The summed E-state index contributed by atoms with van der Waals surface area (Å²) in [7, 11) is 0. The van der Waals surface area contributed by atoms with E-state index in [0.717, 1.165) is 11.1 Å². The lowest BCUT2D eigenvalue weighted by atomic mass is 10.2. The fourth-order valence-electron chi connectivity index (χ4n) is 0.928. The third-order valence-corrected chi connectivity index (χ3v) is 1.62. The monoisotopic (exact) mass is 188 g/mol. The van der Waals surface area contributed by atoms with Crippen molar-refractivity contribution in [3.63, 3.8) is 0 Å². The summed E-state index contributed by atoms with van der Waals surface area (Å²) in [6.07, 6.45) is 1.44. The van der Waals surface area contributed by atoms with E-state index >= 15 is 0 Å². The fourth-order valence-corrected chi connectivity index (χ4v) is 0.928. The van der Waals surface area contributed by atoms with E-state index in [-0.39, 0.29) is 5.88 Å². The van der Waals surface area contributed by atoms with Crippen molar-refractivity contribution in [2.24, 2.45) is 5.73 Å². The Balaban J connectivity index is 2.83. The highest BCUT2D eigenvalue weighted by Crippen LogP contribution is 2.14. The van der Waals surface area contributed by atoms with Crippen LogP contribution in [0.25, 0.3) is 0 Å². The highest BCUT2D eigenvalue weighted by molar-refractivity contribution is 5.27. The van der Waals surface area contributed by atoms with Crippen LogP contribution < -0.4 is 10.5 Å². The highest BCUT2D eigenvalue weighted by atomic mass is 19.3. The number of nitrogens with two attached hydrogens (primary N) is 1. The van der Waals surface area contributed by atoms with Crippen LogP contribution in [0.4, 0.5) is 8.78 Å². The van der Waals surface area contributed by atoms with E-state index in [1.165, 1.54) is 12.3 Å². The van der Waals surface area contributed by atoms with Crippen molar-refractivity contribution in [2.45, 2.75) is 20.1 Å². The fraction of sp³-hybridized carbons (Fsp3) is 0.375. The van der Waals surface area contributed by atoms with Crippen molar-refractivity contribution in [3.05, 3.63) is 23.4 Å². The van der Waals surface area contributed by atoms with Gasteiger partial charge in [-0.2, -0.15) is 8.78 Å². The van der Waals surface area contributed by atoms with E-state index in [0.29, 0.717) is 6.54 Å². The topological polar surface area (TPSA) is 48.1 Å². The first-order valence-electron chi connectivity index (χ1n) is 3.74. The number of hydrogen-bond acceptors (Lipinski definition) is 3. The van der Waals surface area contributed by atoms with Gasteiger partial charge in [-0.1, -0.05) is 0 Å². The molecule has 1 aromatic rings. The molecule has 13 heavy (non-hydrogen) atoms. The van der Waals surface area contributed by atoms with Crippen LogP contribution in [0.5, 0.6) is 5.88 Å². The zero-order valence-corrected chi connectivity index (χ0v) is 7.13. The summed E-state index contributed by atoms with van der Waals surface area (Å²) < 4.78 is 27.6. The van der Waals surface area contributed by atoms with Gasteiger partial charge in [0.25, 0.3) is 0 Å². The Kier molecular flexibility index (Phi) is 3.13. The number of ether oxygens (including phenoxy) is 1. The Morgan fingerprint density at radius 1 is 1.62 bits per heavy atom. The molecule has 0 atom stereocenters. The molecule has 0 saturated carbocycles. The molecular formula is C8H10F2N2O. The third-order valence-electron chi connectivity index (χ3n) is 1.62. The number of hydrogen-bond donors (Lipinski definition) is 1. The van der Waals surface area contributed by atoms with Crippen molar-refractivity contribution in [1.82, 2.24) is 4.98 Å². The molecule has 0 fully saturated rings. The summed E-state index contributed by atoms with van der Waals surface area (Å²) in [5.41, 5.74) is 6.99. The zero-order chi connectivity index (χ0) is 9.84. The van der Waals surface area contributed by atoms with Gasteiger partial charge in [-0.15, -0.1) is 0 Å². The maximum Gasteiger partial charge on any atom is 0.388 e. The van der Waals surface area contributed by atoms with Gasteiger partial charge < -0.3 is 10.5 Å². The van der Waals surface area contributed by atoms with E-state index in [2.05, 4.69) is 9.72 Å². The lowest BCUT2D eigenvalue weighted by Crippen LogP contribution is -2.06. The van der Waals surface area contributed by atoms with Crippen LogP contribution in [0.1, 0.15) is 11.1 Å². The molecule has 0 unspecified atom stereocenters. The van der Waals surface area contributed by atoms with Gasteiger partial charge in [0.15, 0.2) is 0 Å². The minimum Gasteiger partial charge on any atom is -0.417 e. The van der Waals surface area contributed by atoms with E-state index in [9.17, 15) is 8.78 Å². The normalized spacial score (nSPS) is 10.5. The molecule has 0 aromatic carbocycles. The van der Waals surface area contributed by atoms with Crippen molar-refractivity contribution in [2.75, 3.05) is 0 Å². The smallest absolute Gasteiger partial charge is 0.388 e. The predicted octanol–water partition coefficient (Wildman–Crippen LogP) is 1.45. The average molecular weight is 188 g/mol. The predicted molar refractivity (Wildman–Crippen MR) is 43.5 cm³/mol. The first kappa shape index (κ1) is 9.85. The van der Waals surface area contributed by atoms with Crippen molar-refractivity contribution in [3.8, 4) is 5.88 Å². The molecule has 2 N–H and O–H groups in total. The molecule has 1 aromatic heterocycles. The summed E-state index contributed by atoms with van der Waals surface area (Å²) in [5, 5.41) is 0. The summed E-state index contributed by atoms with van der Waals surface area (Å²) in [6.45, 7) is -0.730. The molecule has 0 spiro atoms. The van der Waals surface area contributed by atoms with Crippen LogP contribution >= 0.6 is 0 Å². The number of aryl methyl sites for hydroxylation is 1. The van der Waals surface area contributed by atoms with Gasteiger partial charge in [0.1, 0.15) is 0 Å². The molecule has 1 rings (SSSR count). The van der Waals surface area contributed by atoms with E-state index in [1.54, 1.807) is 6.92 Å². The minimum absolute atomic E-state index is 0.0790. The van der Waals surface area contributed by atoms with Crippen molar-refractivity contribution >= 4 is 0 Å². The molecule has 5 heteroatoms. The van der Waals surface area contributed by atoms with Gasteiger partial charge in [-0.3, -0.25) is 0 Å². The molecule has 1 heterocycles. The quantitative estimate of drug-likeness (QED) is 0.780. The van der Waals surface area contributed by atoms with Gasteiger partial charge in [0, 0.05) is 18.8 Å². The lowest BCUT2D eigenvalue weighted by Gasteiger charge is -2.06. The summed E-state index contributed by atoms with van der Waals surface area (Å²) in [5.74, 6) is -0.0790. The summed E-state index contributed by atoms with van der Waals surface area (Å²) in [6, 6.07) is 1.44. The van der Waals surface area contributed by atoms with Gasteiger partial charge >= 0.3 is 6.61 Å². The first-order valence-corrected chi connectivity index (χ1v) is 3.74. The van der Waals surface area contributed by atoms with E-state index < -0.39 is 6.61 Å². The molecule has 0 aliphatic carbocycles. The Hall–Kier alpha value is -1.23. The van der Waals surface area contributed by atoms with E-state index in [1.807, 2.05) is 0 Å². The van der Waals surface area contributed by atoms with Gasteiger partial charge in [0.05, 0.1) is 0 Å². The van der Waals surface area contributed by atoms with Crippen LogP contribution in [0.3, 0.4) is 0 Å². The number of aromatic nitrogens is 1. The molecule has 0 amide bonds. The number of rotatable bonds is 3. The summed E-state index contributed by atoms with van der Waals surface area (Å²) >= 11 is 0. The molecule has 0 saturated heterocycles. The van der Waals surface area contributed by atoms with Gasteiger partial charge in [-0.25, -0.2) is 4.98 Å². The minimum atomic E-state index is -2.84. The Labute approximate surface area is 74.5 Å². The molecule has 0 aliphatic rings. The first-order chi connectivity index (χ1) is 6.13. The molecule has 0 radical (unpaired) electrons. The molecule has 0 bridgehead atoms. The number of halogens is 2. The largest absolute Gasteiger partial charge is 0.417 e. The Morgan fingerprint density at radius 2 is 2.31 bits per heavy atom. The van der Waals surface area contributed by atoms with Crippen LogP contribution in [-0.2, 0) is 6.54 Å². The molecular weight excluding hydrogens is 178 g/mol. The highest BCUT2D eigenvalue weighted by Gasteiger charge is 2.06. The number of alkyl halides is 2. The number of pyridine rings is 1. The van der Waals surface area contributed by atoms with Crippen molar-refractivity contribution < 1.29 is 13.5 Å². The second-order valence-corrected chi connectivity index (χ2v) is 2.53. The SMILES string of the molecule is Cc1cc(OC(F)F)ncc1CN. The molecule has 72 valence electrons. The van der Waals surface area contributed by atoms with Crippen LogP contribution in [-0.4, -0.2) is 11.6 Å². The molecule has 0 aliphatic heterocycles. The molecule has 3 nitrogen and oxygen atoms in total. The second-order valence-electron chi connectivity index (χ2n) is 2.53. The zero-order valence-electron chi connectivity index (χ0n) is 7.13. The van der Waals surface area contributed by atoms with Crippen LogP contribution in [0.2, 0.25) is 0 Å². The summed E-state index contributed by atoms with van der Waals surface area (Å²) in [4.78, 5) is 3.67. The maximum absolute atomic E-state index is 11.7. The van der Waals surface area contributed by atoms with Crippen molar-refractivity contribution in [1.29, 1.82) is 0 Å². The maximum atomic E-state index is 11.7. The Morgan fingerprint density at radius 3 is 2.77 bits per heavy atom. The Bertz CT molecular complexity index is 291. The third kappa shape index (κ3) is 2.62. The number of nitrogens with zero attached hydrogens (tertiary/aromatic N) is 1. The van der Waals surface area contributed by atoms with Crippen LogP contribution in [0.15, 0.2) is 12.3 Å². The van der Waals surface area contributed by atoms with Gasteiger partial charge in [-0.05, 0) is 18.1 Å².